The van der Waals surface area contributed by atoms with E-state index in [1.165, 1.54) is 49.3 Å². The third-order valence-electron chi connectivity index (χ3n) is 4.17. The van der Waals surface area contributed by atoms with Crippen molar-refractivity contribution in [2.24, 2.45) is 0 Å². The lowest BCUT2D eigenvalue weighted by Gasteiger charge is -2.30. The SMILES string of the molecule is c1ccc(CCNc2ccccc2N2CCCCC2)cc1. The molecule has 21 heavy (non-hydrogen) atoms. The van der Waals surface area contributed by atoms with Crippen molar-refractivity contribution in [3.05, 3.63) is 60.2 Å². The molecule has 2 aromatic carbocycles. The van der Waals surface area contributed by atoms with Gasteiger partial charge in [-0.15, -0.1) is 0 Å². The molecule has 0 aromatic heterocycles. The minimum atomic E-state index is 0.981. The minimum absolute atomic E-state index is 0.981. The minimum Gasteiger partial charge on any atom is -0.383 e. The third kappa shape index (κ3) is 3.78. The summed E-state index contributed by atoms with van der Waals surface area (Å²) in [4.78, 5) is 2.52. The molecular formula is C19H24N2. The van der Waals surface area contributed by atoms with Crippen molar-refractivity contribution < 1.29 is 0 Å². The highest BCUT2D eigenvalue weighted by Crippen LogP contribution is 2.28. The summed E-state index contributed by atoms with van der Waals surface area (Å²) >= 11 is 0. The molecule has 2 aromatic rings. The third-order valence-corrected chi connectivity index (χ3v) is 4.17. The molecule has 0 bridgehead atoms. The predicted molar refractivity (Wildman–Crippen MR) is 91.1 cm³/mol. The van der Waals surface area contributed by atoms with Crippen LogP contribution in [0.4, 0.5) is 11.4 Å². The number of para-hydroxylation sites is 2. The summed E-state index contributed by atoms with van der Waals surface area (Å²) in [6.07, 6.45) is 5.08. The molecule has 2 nitrogen and oxygen atoms in total. The van der Waals surface area contributed by atoms with Gasteiger partial charge in [-0.05, 0) is 43.4 Å². The molecule has 1 saturated heterocycles. The average molecular weight is 280 g/mol. The van der Waals surface area contributed by atoms with Gasteiger partial charge in [0.2, 0.25) is 0 Å². The number of hydrogen-bond acceptors (Lipinski definition) is 2. The molecule has 3 rings (SSSR count). The van der Waals surface area contributed by atoms with Gasteiger partial charge >= 0.3 is 0 Å². The summed E-state index contributed by atoms with van der Waals surface area (Å²) in [6, 6.07) is 19.4. The highest BCUT2D eigenvalue weighted by atomic mass is 15.1. The molecule has 1 N–H and O–H groups in total. The van der Waals surface area contributed by atoms with Crippen molar-refractivity contribution in [1.82, 2.24) is 0 Å². The van der Waals surface area contributed by atoms with Gasteiger partial charge in [-0.2, -0.15) is 0 Å². The smallest absolute Gasteiger partial charge is 0.0602 e. The Morgan fingerprint density at radius 3 is 2.33 bits per heavy atom. The fraction of sp³-hybridized carbons (Fsp3) is 0.368. The monoisotopic (exact) mass is 280 g/mol. The highest BCUT2D eigenvalue weighted by Gasteiger charge is 2.13. The quantitative estimate of drug-likeness (QED) is 0.877. The maximum atomic E-state index is 3.62. The highest BCUT2D eigenvalue weighted by molar-refractivity contribution is 5.70. The number of rotatable bonds is 5. The maximum Gasteiger partial charge on any atom is 0.0602 e. The van der Waals surface area contributed by atoms with Crippen LogP contribution in [0, 0.1) is 0 Å². The number of anilines is 2. The Morgan fingerprint density at radius 2 is 1.52 bits per heavy atom. The van der Waals surface area contributed by atoms with E-state index < -0.39 is 0 Å². The van der Waals surface area contributed by atoms with Crippen LogP contribution in [0.15, 0.2) is 54.6 Å². The molecule has 0 amide bonds. The van der Waals surface area contributed by atoms with Gasteiger partial charge < -0.3 is 10.2 Å². The fourth-order valence-electron chi connectivity index (χ4n) is 3.02. The van der Waals surface area contributed by atoms with Crippen molar-refractivity contribution in [2.75, 3.05) is 29.9 Å². The van der Waals surface area contributed by atoms with E-state index in [0.717, 1.165) is 13.0 Å². The molecule has 0 saturated carbocycles. The zero-order valence-electron chi connectivity index (χ0n) is 12.6. The van der Waals surface area contributed by atoms with Gasteiger partial charge in [0.05, 0.1) is 11.4 Å². The Labute approximate surface area is 127 Å². The van der Waals surface area contributed by atoms with E-state index in [-0.39, 0.29) is 0 Å². The first-order valence-corrected chi connectivity index (χ1v) is 8.05. The van der Waals surface area contributed by atoms with E-state index in [9.17, 15) is 0 Å². The molecular weight excluding hydrogens is 256 g/mol. The Bertz CT molecular complexity index is 545. The molecule has 0 aliphatic carbocycles. The van der Waals surface area contributed by atoms with Crippen LogP contribution in [0.5, 0.6) is 0 Å². The standard InChI is InChI=1S/C19H24N2/c1-3-9-17(10-4-1)13-14-20-18-11-5-6-12-19(18)21-15-7-2-8-16-21/h1,3-6,9-12,20H,2,7-8,13-16H2. The maximum absolute atomic E-state index is 3.62. The number of nitrogens with one attached hydrogen (secondary N) is 1. The second-order valence-electron chi connectivity index (χ2n) is 5.73. The summed E-state index contributed by atoms with van der Waals surface area (Å²) in [5.74, 6) is 0. The van der Waals surface area contributed by atoms with Crippen LogP contribution < -0.4 is 10.2 Å². The van der Waals surface area contributed by atoms with Crippen LogP contribution >= 0.6 is 0 Å². The molecule has 0 unspecified atom stereocenters. The first-order valence-electron chi connectivity index (χ1n) is 8.05. The number of piperidine rings is 1. The van der Waals surface area contributed by atoms with E-state index >= 15 is 0 Å². The molecule has 1 aliphatic heterocycles. The Hall–Kier alpha value is -1.96. The molecule has 1 heterocycles. The van der Waals surface area contributed by atoms with E-state index in [0.29, 0.717) is 0 Å². The zero-order chi connectivity index (χ0) is 14.3. The summed E-state index contributed by atoms with van der Waals surface area (Å²) in [5, 5.41) is 3.62. The van der Waals surface area contributed by atoms with Crippen molar-refractivity contribution in [2.45, 2.75) is 25.7 Å². The van der Waals surface area contributed by atoms with Crippen molar-refractivity contribution >= 4 is 11.4 Å². The largest absolute Gasteiger partial charge is 0.383 e. The normalized spacial score (nSPS) is 15.0. The zero-order valence-corrected chi connectivity index (χ0v) is 12.6. The van der Waals surface area contributed by atoms with Crippen LogP contribution in [0.25, 0.3) is 0 Å². The van der Waals surface area contributed by atoms with Gasteiger partial charge in [0.15, 0.2) is 0 Å². The molecule has 1 aliphatic rings. The van der Waals surface area contributed by atoms with Crippen molar-refractivity contribution in [3.63, 3.8) is 0 Å². The van der Waals surface area contributed by atoms with Gasteiger partial charge in [-0.25, -0.2) is 0 Å². The fourth-order valence-corrected chi connectivity index (χ4v) is 3.02. The van der Waals surface area contributed by atoms with Crippen LogP contribution in [0.2, 0.25) is 0 Å². The lowest BCUT2D eigenvalue weighted by molar-refractivity contribution is 0.578. The molecule has 110 valence electrons. The summed E-state index contributed by atoms with van der Waals surface area (Å²) < 4.78 is 0. The van der Waals surface area contributed by atoms with Gasteiger partial charge in [0.1, 0.15) is 0 Å². The Morgan fingerprint density at radius 1 is 0.810 bits per heavy atom. The lowest BCUT2D eigenvalue weighted by Crippen LogP contribution is -2.30. The summed E-state index contributed by atoms with van der Waals surface area (Å²) in [5.41, 5.74) is 4.03. The van der Waals surface area contributed by atoms with E-state index in [1.807, 2.05) is 0 Å². The summed E-state index contributed by atoms with van der Waals surface area (Å²) in [6.45, 7) is 3.36. The van der Waals surface area contributed by atoms with Crippen molar-refractivity contribution in [3.8, 4) is 0 Å². The summed E-state index contributed by atoms with van der Waals surface area (Å²) in [7, 11) is 0. The van der Waals surface area contributed by atoms with E-state index in [2.05, 4.69) is 64.8 Å². The molecule has 0 atom stereocenters. The second-order valence-corrected chi connectivity index (χ2v) is 5.73. The Kier molecular flexibility index (Phi) is 4.78. The number of nitrogens with zero attached hydrogens (tertiary/aromatic N) is 1. The van der Waals surface area contributed by atoms with E-state index in [4.69, 9.17) is 0 Å². The molecule has 2 heteroatoms. The van der Waals surface area contributed by atoms with Crippen LogP contribution in [0.1, 0.15) is 24.8 Å². The van der Waals surface area contributed by atoms with Crippen LogP contribution in [0.3, 0.4) is 0 Å². The number of benzene rings is 2. The van der Waals surface area contributed by atoms with Gasteiger partial charge in [-0.3, -0.25) is 0 Å². The van der Waals surface area contributed by atoms with E-state index in [1.54, 1.807) is 0 Å². The first-order chi connectivity index (χ1) is 10.4. The van der Waals surface area contributed by atoms with Gasteiger partial charge in [0, 0.05) is 19.6 Å². The predicted octanol–water partition coefficient (Wildman–Crippen LogP) is 4.33. The Balaban J connectivity index is 1.62. The second kappa shape index (κ2) is 7.16. The average Bonchev–Trinajstić information content (AvgIpc) is 2.57. The molecule has 0 radical (unpaired) electrons. The lowest BCUT2D eigenvalue weighted by atomic mass is 10.1. The van der Waals surface area contributed by atoms with Gasteiger partial charge in [0.25, 0.3) is 0 Å². The topological polar surface area (TPSA) is 15.3 Å². The van der Waals surface area contributed by atoms with Crippen LogP contribution in [-0.4, -0.2) is 19.6 Å². The molecule has 1 fully saturated rings. The number of hydrogen-bond donors (Lipinski definition) is 1. The molecule has 0 spiro atoms. The van der Waals surface area contributed by atoms with Crippen LogP contribution in [-0.2, 0) is 6.42 Å². The van der Waals surface area contributed by atoms with Crippen molar-refractivity contribution in [1.29, 1.82) is 0 Å². The first kappa shape index (κ1) is 14.0. The van der Waals surface area contributed by atoms with Gasteiger partial charge in [-0.1, -0.05) is 42.5 Å².